The van der Waals surface area contributed by atoms with Crippen molar-refractivity contribution >= 4 is 18.0 Å². The van der Waals surface area contributed by atoms with E-state index in [9.17, 15) is 9.59 Å². The van der Waals surface area contributed by atoms with Crippen molar-refractivity contribution in [3.05, 3.63) is 59.7 Å². The van der Waals surface area contributed by atoms with E-state index in [1.54, 1.807) is 24.3 Å². The Morgan fingerprint density at radius 2 is 1.70 bits per heavy atom. The Morgan fingerprint density at radius 1 is 1.04 bits per heavy atom. The standard InChI is InChI=1S/C15H15N5O3/c21-14(11-3-5-16-6-4-11)17-7-8-18-15(22)12-1-2-13(10-20-23)19-9-12/h1-6,9-10,23H,7-8H2,(H,17,21)(H,18,22)/b20-10+. The van der Waals surface area contributed by atoms with Gasteiger partial charge in [0, 0.05) is 37.2 Å². The lowest BCUT2D eigenvalue weighted by Gasteiger charge is -2.07. The van der Waals surface area contributed by atoms with E-state index in [1.165, 1.54) is 18.6 Å². The number of amides is 2. The molecule has 2 rings (SSSR count). The highest BCUT2D eigenvalue weighted by Crippen LogP contribution is 1.99. The molecule has 2 aromatic rings. The monoisotopic (exact) mass is 313 g/mol. The van der Waals surface area contributed by atoms with Crippen molar-refractivity contribution in [3.63, 3.8) is 0 Å². The molecule has 0 aliphatic heterocycles. The zero-order chi connectivity index (χ0) is 16.5. The van der Waals surface area contributed by atoms with Crippen LogP contribution < -0.4 is 10.6 Å². The van der Waals surface area contributed by atoms with E-state index in [-0.39, 0.29) is 18.4 Å². The summed E-state index contributed by atoms with van der Waals surface area (Å²) in [7, 11) is 0. The molecule has 2 aromatic heterocycles. The molecule has 3 N–H and O–H groups in total. The van der Waals surface area contributed by atoms with Gasteiger partial charge in [-0.15, -0.1) is 0 Å². The maximum Gasteiger partial charge on any atom is 0.252 e. The third-order valence-electron chi connectivity index (χ3n) is 2.88. The molecule has 0 aliphatic rings. The van der Waals surface area contributed by atoms with E-state index in [2.05, 4.69) is 25.8 Å². The molecule has 0 saturated heterocycles. The van der Waals surface area contributed by atoms with Crippen LogP contribution in [0.3, 0.4) is 0 Å². The van der Waals surface area contributed by atoms with Crippen molar-refractivity contribution in [2.24, 2.45) is 5.16 Å². The average molecular weight is 313 g/mol. The smallest absolute Gasteiger partial charge is 0.252 e. The van der Waals surface area contributed by atoms with E-state index in [0.717, 1.165) is 6.21 Å². The van der Waals surface area contributed by atoms with Gasteiger partial charge in [-0.25, -0.2) is 0 Å². The van der Waals surface area contributed by atoms with E-state index in [4.69, 9.17) is 5.21 Å². The van der Waals surface area contributed by atoms with Crippen LogP contribution >= 0.6 is 0 Å². The van der Waals surface area contributed by atoms with Gasteiger partial charge in [-0.05, 0) is 24.3 Å². The van der Waals surface area contributed by atoms with Crippen molar-refractivity contribution in [1.82, 2.24) is 20.6 Å². The number of carbonyl (C=O) groups is 2. The van der Waals surface area contributed by atoms with Gasteiger partial charge in [-0.3, -0.25) is 19.6 Å². The first-order chi connectivity index (χ1) is 11.2. The Hall–Kier alpha value is -3.29. The Labute approximate surface area is 132 Å². The third kappa shape index (κ3) is 4.88. The minimum absolute atomic E-state index is 0.226. The quantitative estimate of drug-likeness (QED) is 0.310. The van der Waals surface area contributed by atoms with E-state index >= 15 is 0 Å². The Bertz CT molecular complexity index is 686. The number of aromatic nitrogens is 2. The normalized spacial score (nSPS) is 10.4. The SMILES string of the molecule is O=C(NCCNC(=O)c1ccc(/C=N/O)nc1)c1ccncc1. The molecule has 23 heavy (non-hydrogen) atoms. The highest BCUT2D eigenvalue weighted by atomic mass is 16.4. The summed E-state index contributed by atoms with van der Waals surface area (Å²) in [5.41, 5.74) is 1.32. The molecule has 8 nitrogen and oxygen atoms in total. The van der Waals surface area contributed by atoms with Crippen molar-refractivity contribution in [2.45, 2.75) is 0 Å². The van der Waals surface area contributed by atoms with Gasteiger partial charge in [0.25, 0.3) is 11.8 Å². The van der Waals surface area contributed by atoms with Crippen LogP contribution in [0.5, 0.6) is 0 Å². The minimum atomic E-state index is -0.303. The molecule has 0 atom stereocenters. The fourth-order valence-corrected chi connectivity index (χ4v) is 1.73. The summed E-state index contributed by atoms with van der Waals surface area (Å²) in [4.78, 5) is 31.4. The number of nitrogens with one attached hydrogen (secondary N) is 2. The molecule has 8 heteroatoms. The summed E-state index contributed by atoms with van der Waals surface area (Å²) in [6.45, 7) is 0.588. The van der Waals surface area contributed by atoms with Crippen molar-refractivity contribution in [1.29, 1.82) is 0 Å². The van der Waals surface area contributed by atoms with Crippen LogP contribution in [0.25, 0.3) is 0 Å². The first kappa shape index (κ1) is 16.1. The maximum atomic E-state index is 11.9. The van der Waals surface area contributed by atoms with Gasteiger partial charge < -0.3 is 15.8 Å². The molecule has 0 radical (unpaired) electrons. The molecule has 2 heterocycles. The second kappa shape index (κ2) is 8.23. The Kier molecular flexibility index (Phi) is 5.75. The predicted octanol–water partition coefficient (Wildman–Crippen LogP) is 0.444. The first-order valence-electron chi connectivity index (χ1n) is 6.80. The lowest BCUT2D eigenvalue weighted by atomic mass is 10.2. The Morgan fingerprint density at radius 3 is 2.26 bits per heavy atom. The summed E-state index contributed by atoms with van der Waals surface area (Å²) in [5.74, 6) is -0.529. The highest BCUT2D eigenvalue weighted by Gasteiger charge is 2.06. The molecule has 0 saturated carbocycles. The predicted molar refractivity (Wildman–Crippen MR) is 82.5 cm³/mol. The molecule has 0 bridgehead atoms. The van der Waals surface area contributed by atoms with Crippen molar-refractivity contribution in [3.8, 4) is 0 Å². The second-order valence-electron chi connectivity index (χ2n) is 4.46. The van der Waals surface area contributed by atoms with Crippen LogP contribution in [0, 0.1) is 0 Å². The number of oxime groups is 1. The first-order valence-corrected chi connectivity index (χ1v) is 6.80. The fourth-order valence-electron chi connectivity index (χ4n) is 1.73. The van der Waals surface area contributed by atoms with Crippen LogP contribution in [0.15, 0.2) is 48.0 Å². The number of carbonyl (C=O) groups excluding carboxylic acids is 2. The van der Waals surface area contributed by atoms with E-state index < -0.39 is 0 Å². The van der Waals surface area contributed by atoms with Crippen molar-refractivity contribution in [2.75, 3.05) is 13.1 Å². The van der Waals surface area contributed by atoms with Gasteiger partial charge in [0.1, 0.15) is 0 Å². The van der Waals surface area contributed by atoms with Crippen molar-refractivity contribution < 1.29 is 14.8 Å². The van der Waals surface area contributed by atoms with Crippen LogP contribution in [-0.2, 0) is 0 Å². The molecule has 0 aromatic carbocycles. The zero-order valence-corrected chi connectivity index (χ0v) is 12.1. The highest BCUT2D eigenvalue weighted by molar-refractivity contribution is 5.95. The van der Waals surface area contributed by atoms with Crippen LogP contribution in [0.2, 0.25) is 0 Å². The van der Waals surface area contributed by atoms with Gasteiger partial charge in [-0.2, -0.15) is 0 Å². The lowest BCUT2D eigenvalue weighted by Crippen LogP contribution is -2.34. The molecular formula is C15H15N5O3. The Balaban J connectivity index is 1.75. The summed E-state index contributed by atoms with van der Waals surface area (Å²) >= 11 is 0. The molecular weight excluding hydrogens is 298 g/mol. The number of pyridine rings is 2. The molecule has 0 aliphatic carbocycles. The fraction of sp³-hybridized carbons (Fsp3) is 0.133. The van der Waals surface area contributed by atoms with Gasteiger partial charge in [-0.1, -0.05) is 5.16 Å². The average Bonchev–Trinajstić information content (AvgIpc) is 2.60. The second-order valence-corrected chi connectivity index (χ2v) is 4.46. The topological polar surface area (TPSA) is 117 Å². The van der Waals surface area contributed by atoms with Gasteiger partial charge in [0.15, 0.2) is 0 Å². The lowest BCUT2D eigenvalue weighted by molar-refractivity contribution is 0.0927. The van der Waals surface area contributed by atoms with Crippen LogP contribution in [0.1, 0.15) is 26.4 Å². The van der Waals surface area contributed by atoms with Crippen LogP contribution in [0.4, 0.5) is 0 Å². The zero-order valence-electron chi connectivity index (χ0n) is 12.1. The summed E-state index contributed by atoms with van der Waals surface area (Å²) < 4.78 is 0. The third-order valence-corrected chi connectivity index (χ3v) is 2.88. The molecule has 0 unspecified atom stereocenters. The largest absolute Gasteiger partial charge is 0.411 e. The van der Waals surface area contributed by atoms with Crippen LogP contribution in [-0.4, -0.2) is 46.3 Å². The van der Waals surface area contributed by atoms with E-state index in [0.29, 0.717) is 23.4 Å². The minimum Gasteiger partial charge on any atom is -0.411 e. The number of rotatable bonds is 6. The summed E-state index contributed by atoms with van der Waals surface area (Å²) in [5, 5.41) is 16.6. The molecule has 118 valence electrons. The van der Waals surface area contributed by atoms with Gasteiger partial charge in [0.05, 0.1) is 17.5 Å². The number of hydrogen-bond donors (Lipinski definition) is 3. The molecule has 0 fully saturated rings. The molecule has 0 spiro atoms. The van der Waals surface area contributed by atoms with Gasteiger partial charge >= 0.3 is 0 Å². The number of nitrogens with zero attached hydrogens (tertiary/aromatic N) is 3. The summed E-state index contributed by atoms with van der Waals surface area (Å²) in [6, 6.07) is 6.34. The number of hydrogen-bond acceptors (Lipinski definition) is 6. The molecule has 2 amide bonds. The maximum absolute atomic E-state index is 11.9. The van der Waals surface area contributed by atoms with E-state index in [1.807, 2.05) is 0 Å². The summed E-state index contributed by atoms with van der Waals surface area (Å²) in [6.07, 6.45) is 5.61. The van der Waals surface area contributed by atoms with Gasteiger partial charge in [0.2, 0.25) is 0 Å².